The number of guanidine groups is 1. The first-order valence-corrected chi connectivity index (χ1v) is 7.77. The second-order valence-electron chi connectivity index (χ2n) is 5.78. The van der Waals surface area contributed by atoms with E-state index < -0.39 is 0 Å². The van der Waals surface area contributed by atoms with Crippen LogP contribution < -0.4 is 5.32 Å². The summed E-state index contributed by atoms with van der Waals surface area (Å²) in [5, 5.41) is 3.29. The lowest BCUT2D eigenvalue weighted by molar-refractivity contribution is 0.108. The fraction of sp³-hybridized carbons (Fsp3) is 0.588. The van der Waals surface area contributed by atoms with Crippen molar-refractivity contribution in [2.75, 3.05) is 33.9 Å². The summed E-state index contributed by atoms with van der Waals surface area (Å²) < 4.78 is 18.7. The average Bonchev–Trinajstić information content (AvgIpc) is 2.46. The summed E-state index contributed by atoms with van der Waals surface area (Å²) in [6.07, 6.45) is 0.930. The number of aliphatic imine (C=N–C) groups is 1. The van der Waals surface area contributed by atoms with Crippen molar-refractivity contribution in [1.82, 2.24) is 10.2 Å². The predicted molar refractivity (Wildman–Crippen MR) is 105 cm³/mol. The largest absolute Gasteiger partial charge is 0.381 e. The molecule has 6 heteroatoms. The van der Waals surface area contributed by atoms with E-state index in [4.69, 9.17) is 4.74 Å². The maximum Gasteiger partial charge on any atom is 0.193 e. The lowest BCUT2D eigenvalue weighted by Gasteiger charge is -2.22. The molecule has 0 bridgehead atoms. The highest BCUT2D eigenvalue weighted by atomic mass is 127. The van der Waals surface area contributed by atoms with Gasteiger partial charge in [-0.3, -0.25) is 4.99 Å². The van der Waals surface area contributed by atoms with Crippen molar-refractivity contribution in [3.05, 3.63) is 35.6 Å². The Labute approximate surface area is 156 Å². The van der Waals surface area contributed by atoms with E-state index in [2.05, 4.69) is 24.2 Å². The van der Waals surface area contributed by atoms with Crippen LogP contribution in [0.15, 0.2) is 29.3 Å². The third-order valence-corrected chi connectivity index (χ3v) is 3.08. The number of hydrogen-bond donors (Lipinski definition) is 1. The highest BCUT2D eigenvalue weighted by Crippen LogP contribution is 2.06. The third kappa shape index (κ3) is 9.76. The SMILES string of the molecule is CN=C(NCCCOCC(C)C)N(C)Cc1cccc(F)c1.I. The zero-order chi connectivity index (χ0) is 16.4. The molecule has 0 atom stereocenters. The van der Waals surface area contributed by atoms with Gasteiger partial charge in [0.2, 0.25) is 0 Å². The molecular weight excluding hydrogens is 408 g/mol. The van der Waals surface area contributed by atoms with Gasteiger partial charge >= 0.3 is 0 Å². The molecule has 0 aliphatic heterocycles. The minimum atomic E-state index is -0.212. The normalized spacial score (nSPS) is 11.3. The van der Waals surface area contributed by atoms with Gasteiger partial charge in [-0.05, 0) is 30.0 Å². The Morgan fingerprint density at radius 2 is 2.13 bits per heavy atom. The van der Waals surface area contributed by atoms with Crippen molar-refractivity contribution >= 4 is 29.9 Å². The molecule has 0 amide bonds. The molecule has 1 aromatic rings. The maximum absolute atomic E-state index is 13.2. The standard InChI is InChI=1S/C17H28FN3O.HI/c1-14(2)13-22-10-6-9-20-17(19-3)21(4)12-15-7-5-8-16(18)11-15;/h5,7-8,11,14H,6,9-10,12-13H2,1-4H3,(H,19,20);1H. The van der Waals surface area contributed by atoms with Crippen LogP contribution in [0.5, 0.6) is 0 Å². The van der Waals surface area contributed by atoms with Gasteiger partial charge in [-0.1, -0.05) is 26.0 Å². The molecule has 132 valence electrons. The molecular formula is C17H29FIN3O. The van der Waals surface area contributed by atoms with Crippen molar-refractivity contribution in [2.24, 2.45) is 10.9 Å². The smallest absolute Gasteiger partial charge is 0.193 e. The van der Waals surface area contributed by atoms with E-state index in [1.54, 1.807) is 19.2 Å². The Balaban J connectivity index is 0.00000484. The minimum absolute atomic E-state index is 0. The zero-order valence-corrected chi connectivity index (χ0v) is 16.8. The molecule has 0 saturated carbocycles. The molecule has 23 heavy (non-hydrogen) atoms. The van der Waals surface area contributed by atoms with E-state index >= 15 is 0 Å². The summed E-state index contributed by atoms with van der Waals surface area (Å²) >= 11 is 0. The highest BCUT2D eigenvalue weighted by Gasteiger charge is 2.06. The second-order valence-corrected chi connectivity index (χ2v) is 5.78. The highest BCUT2D eigenvalue weighted by molar-refractivity contribution is 14.0. The van der Waals surface area contributed by atoms with Gasteiger partial charge in [-0.15, -0.1) is 24.0 Å². The first-order valence-electron chi connectivity index (χ1n) is 7.77. The van der Waals surface area contributed by atoms with Gasteiger partial charge in [-0.2, -0.15) is 0 Å². The molecule has 0 unspecified atom stereocenters. The summed E-state index contributed by atoms with van der Waals surface area (Å²) in [6, 6.07) is 6.63. The van der Waals surface area contributed by atoms with Gasteiger partial charge in [0.15, 0.2) is 5.96 Å². The number of halogens is 2. The zero-order valence-electron chi connectivity index (χ0n) is 14.5. The number of nitrogens with zero attached hydrogens (tertiary/aromatic N) is 2. The maximum atomic E-state index is 13.2. The monoisotopic (exact) mass is 437 g/mol. The van der Waals surface area contributed by atoms with E-state index in [0.717, 1.165) is 37.7 Å². The molecule has 0 radical (unpaired) electrons. The molecule has 0 aliphatic rings. The lowest BCUT2D eigenvalue weighted by Crippen LogP contribution is -2.39. The molecule has 1 aromatic carbocycles. The van der Waals surface area contributed by atoms with Crippen molar-refractivity contribution < 1.29 is 9.13 Å². The van der Waals surface area contributed by atoms with Crippen LogP contribution in [0.3, 0.4) is 0 Å². The Hall–Kier alpha value is -0.890. The molecule has 1 rings (SSSR count). The minimum Gasteiger partial charge on any atom is -0.381 e. The number of nitrogens with one attached hydrogen (secondary N) is 1. The van der Waals surface area contributed by atoms with Crippen LogP contribution in [0, 0.1) is 11.7 Å². The van der Waals surface area contributed by atoms with Gasteiger partial charge in [-0.25, -0.2) is 4.39 Å². The molecule has 0 aromatic heterocycles. The van der Waals surface area contributed by atoms with Gasteiger partial charge in [0.25, 0.3) is 0 Å². The van der Waals surface area contributed by atoms with E-state index in [1.807, 2.05) is 18.0 Å². The van der Waals surface area contributed by atoms with Crippen molar-refractivity contribution in [3.63, 3.8) is 0 Å². The molecule has 0 fully saturated rings. The van der Waals surface area contributed by atoms with E-state index in [1.165, 1.54) is 6.07 Å². The summed E-state index contributed by atoms with van der Waals surface area (Å²) in [6.45, 7) is 7.24. The number of ether oxygens (including phenoxy) is 1. The van der Waals surface area contributed by atoms with Crippen LogP contribution in [-0.4, -0.2) is 44.7 Å². The first kappa shape index (κ1) is 22.1. The van der Waals surface area contributed by atoms with Crippen LogP contribution in [0.25, 0.3) is 0 Å². The van der Waals surface area contributed by atoms with Crippen LogP contribution in [0.1, 0.15) is 25.8 Å². The number of rotatable bonds is 8. The Kier molecular flexibility index (Phi) is 12.0. The molecule has 0 aliphatic carbocycles. The van der Waals surface area contributed by atoms with E-state index in [9.17, 15) is 4.39 Å². The number of benzene rings is 1. The molecule has 0 spiro atoms. The predicted octanol–water partition coefficient (Wildman–Crippen LogP) is 3.51. The van der Waals surface area contributed by atoms with E-state index in [0.29, 0.717) is 12.5 Å². The Morgan fingerprint density at radius 1 is 1.39 bits per heavy atom. The first-order chi connectivity index (χ1) is 10.5. The molecule has 4 nitrogen and oxygen atoms in total. The quantitative estimate of drug-likeness (QED) is 0.293. The van der Waals surface area contributed by atoms with Gasteiger partial charge in [0.1, 0.15) is 5.82 Å². The molecule has 0 heterocycles. The van der Waals surface area contributed by atoms with Crippen LogP contribution >= 0.6 is 24.0 Å². The average molecular weight is 437 g/mol. The van der Waals surface area contributed by atoms with Crippen LogP contribution in [0.4, 0.5) is 4.39 Å². The van der Waals surface area contributed by atoms with Gasteiger partial charge in [0, 0.05) is 40.4 Å². The Bertz CT molecular complexity index is 469. The van der Waals surface area contributed by atoms with Crippen molar-refractivity contribution in [1.29, 1.82) is 0 Å². The molecule has 1 N–H and O–H groups in total. The van der Waals surface area contributed by atoms with Gasteiger partial charge < -0.3 is 15.0 Å². The summed E-state index contributed by atoms with van der Waals surface area (Å²) in [5.41, 5.74) is 0.922. The third-order valence-electron chi connectivity index (χ3n) is 3.08. The molecule has 0 saturated heterocycles. The number of hydrogen-bond acceptors (Lipinski definition) is 2. The summed E-state index contributed by atoms with van der Waals surface area (Å²) in [4.78, 5) is 6.23. The topological polar surface area (TPSA) is 36.9 Å². The van der Waals surface area contributed by atoms with Crippen molar-refractivity contribution in [2.45, 2.75) is 26.8 Å². The fourth-order valence-corrected chi connectivity index (χ4v) is 2.06. The second kappa shape index (κ2) is 12.5. The van der Waals surface area contributed by atoms with Crippen LogP contribution in [-0.2, 0) is 11.3 Å². The van der Waals surface area contributed by atoms with E-state index in [-0.39, 0.29) is 29.8 Å². The van der Waals surface area contributed by atoms with Crippen LogP contribution in [0.2, 0.25) is 0 Å². The Morgan fingerprint density at radius 3 is 2.74 bits per heavy atom. The fourth-order valence-electron chi connectivity index (χ4n) is 2.06. The van der Waals surface area contributed by atoms with Gasteiger partial charge in [0.05, 0.1) is 0 Å². The summed E-state index contributed by atoms with van der Waals surface area (Å²) in [5.74, 6) is 1.15. The lowest BCUT2D eigenvalue weighted by atomic mass is 10.2. The van der Waals surface area contributed by atoms with Crippen molar-refractivity contribution in [3.8, 4) is 0 Å². The summed E-state index contributed by atoms with van der Waals surface area (Å²) in [7, 11) is 3.69.